The second-order valence-electron chi connectivity index (χ2n) is 13.1. The van der Waals surface area contributed by atoms with E-state index in [-0.39, 0.29) is 23.6 Å². The summed E-state index contributed by atoms with van der Waals surface area (Å²) in [6.45, 7) is 8.09. The average molecular weight is 727 g/mol. The molecule has 4 aromatic rings. The maximum atomic E-state index is 12.6. The Morgan fingerprint density at radius 3 is 1.09 bits per heavy atom. The zero-order chi connectivity index (χ0) is 38.7. The fraction of sp³-hybridized carbons (Fsp3) is 0.364. The van der Waals surface area contributed by atoms with Crippen LogP contribution in [0.1, 0.15) is 127 Å². The predicted molar refractivity (Wildman–Crippen MR) is 217 cm³/mol. The summed E-state index contributed by atoms with van der Waals surface area (Å²) in [5.41, 5.74) is 2.61. The topological polar surface area (TPSA) is 142 Å². The molecule has 280 valence electrons. The van der Waals surface area contributed by atoms with Gasteiger partial charge in [-0.25, -0.2) is 9.97 Å². The number of carbonyl (C=O) groups excluding carboxylic acids is 4. The second-order valence-corrected chi connectivity index (χ2v) is 13.1. The highest BCUT2D eigenvalue weighted by molar-refractivity contribution is 5.95. The number of nitrogens with one attached hydrogen (secondary N) is 4. The lowest BCUT2D eigenvalue weighted by molar-refractivity contribution is -0.117. The van der Waals surface area contributed by atoms with Crippen LogP contribution in [0.15, 0.2) is 60.7 Å². The Hall–Kier alpha value is -6.00. The number of benzene rings is 2. The number of hydrogen-bond donors (Lipinski definition) is 4. The number of anilines is 4. The van der Waals surface area contributed by atoms with Crippen molar-refractivity contribution in [1.82, 2.24) is 9.97 Å². The van der Waals surface area contributed by atoms with Gasteiger partial charge in [0.2, 0.25) is 23.6 Å². The van der Waals surface area contributed by atoms with E-state index in [1.165, 1.54) is 0 Å². The van der Waals surface area contributed by atoms with E-state index >= 15 is 0 Å². The highest BCUT2D eigenvalue weighted by atomic mass is 16.2. The Morgan fingerprint density at radius 1 is 0.481 bits per heavy atom. The third-order valence-electron chi connectivity index (χ3n) is 8.34. The quantitative estimate of drug-likeness (QED) is 0.0850. The molecule has 0 unspecified atom stereocenters. The Morgan fingerprint density at radius 2 is 0.796 bits per heavy atom. The van der Waals surface area contributed by atoms with Crippen molar-refractivity contribution in [2.75, 3.05) is 21.3 Å². The molecule has 0 aliphatic heterocycles. The first kappa shape index (κ1) is 40.8. The summed E-state index contributed by atoms with van der Waals surface area (Å²) in [4.78, 5) is 59.2. The third kappa shape index (κ3) is 13.2. The number of rotatable bonds is 16. The maximum absolute atomic E-state index is 12.6. The highest BCUT2D eigenvalue weighted by Gasteiger charge is 2.11. The first-order valence-electron chi connectivity index (χ1n) is 19.0. The van der Waals surface area contributed by atoms with Gasteiger partial charge in [0.05, 0.1) is 0 Å². The van der Waals surface area contributed by atoms with Crippen LogP contribution in [0.5, 0.6) is 0 Å². The molecule has 4 amide bonds. The summed E-state index contributed by atoms with van der Waals surface area (Å²) in [6.07, 6.45) is 8.07. The normalized spacial score (nSPS) is 10.4. The summed E-state index contributed by atoms with van der Waals surface area (Å²) in [6, 6.07) is 18.5. The number of aromatic nitrogens is 2. The van der Waals surface area contributed by atoms with E-state index in [0.717, 1.165) is 73.3 Å². The van der Waals surface area contributed by atoms with Crippen LogP contribution in [0.4, 0.5) is 23.3 Å². The lowest BCUT2D eigenvalue weighted by atomic mass is 9.99. The van der Waals surface area contributed by atoms with Crippen molar-refractivity contribution in [2.45, 2.75) is 105 Å². The van der Waals surface area contributed by atoms with Gasteiger partial charge in [0.1, 0.15) is 23.3 Å². The van der Waals surface area contributed by atoms with Crippen LogP contribution >= 0.6 is 0 Å². The van der Waals surface area contributed by atoms with Crippen molar-refractivity contribution >= 4 is 57.7 Å². The van der Waals surface area contributed by atoms with Crippen molar-refractivity contribution in [3.63, 3.8) is 0 Å². The minimum absolute atomic E-state index is 0.152. The second kappa shape index (κ2) is 21.5. The molecule has 4 rings (SSSR count). The summed E-state index contributed by atoms with van der Waals surface area (Å²) in [5.74, 6) is 13.7. The minimum atomic E-state index is -0.152. The molecule has 2 heterocycles. The number of amides is 4. The van der Waals surface area contributed by atoms with Crippen LogP contribution in [0.25, 0.3) is 10.8 Å². The van der Waals surface area contributed by atoms with E-state index in [0.29, 0.717) is 60.1 Å². The van der Waals surface area contributed by atoms with E-state index in [1.807, 2.05) is 64.1 Å². The average Bonchev–Trinajstić information content (AvgIpc) is 3.15. The van der Waals surface area contributed by atoms with Gasteiger partial charge >= 0.3 is 0 Å². The molecule has 0 atom stereocenters. The van der Waals surface area contributed by atoms with Crippen LogP contribution in [0.3, 0.4) is 0 Å². The van der Waals surface area contributed by atoms with Gasteiger partial charge in [0.25, 0.3) is 0 Å². The van der Waals surface area contributed by atoms with E-state index in [2.05, 4.69) is 54.9 Å². The molecule has 10 nitrogen and oxygen atoms in total. The van der Waals surface area contributed by atoms with Gasteiger partial charge < -0.3 is 21.3 Å². The smallest absolute Gasteiger partial charge is 0.225 e. The van der Waals surface area contributed by atoms with Crippen molar-refractivity contribution in [3.05, 3.63) is 82.9 Å². The van der Waals surface area contributed by atoms with Crippen molar-refractivity contribution < 1.29 is 19.2 Å². The molecular formula is C44H50N6O4. The summed E-state index contributed by atoms with van der Waals surface area (Å²) in [5, 5.41) is 13.2. The monoisotopic (exact) mass is 726 g/mol. The first-order chi connectivity index (χ1) is 26.2. The van der Waals surface area contributed by atoms with Crippen molar-refractivity contribution in [3.8, 4) is 23.7 Å². The molecule has 54 heavy (non-hydrogen) atoms. The summed E-state index contributed by atoms with van der Waals surface area (Å²) in [7, 11) is 0. The van der Waals surface area contributed by atoms with Crippen LogP contribution in [-0.2, 0) is 19.2 Å². The molecule has 0 saturated carbocycles. The standard InChI is InChI=1S/C44H50N6O4/c1-5-9-19-40(51)47-36-27-31(28-37(45-36)48-41(52)20-10-6-2)23-25-34-17-13-15-33-16-14-18-35(44(33)34)26-24-32-29-38(49-42(53)21-11-7-3)46-39(30-32)50-43(54)22-12-8-4/h13-18,27-30H,5-12,19-22H2,1-4H3,(H2,45,47,48,51,52)(H2,46,49,50,53,54). The number of carbonyl (C=O) groups is 4. The van der Waals surface area contributed by atoms with Gasteiger partial charge in [0, 0.05) is 53.3 Å². The number of hydrogen-bond acceptors (Lipinski definition) is 6. The maximum Gasteiger partial charge on any atom is 0.225 e. The molecule has 0 aliphatic carbocycles. The van der Waals surface area contributed by atoms with Gasteiger partial charge in [-0.2, -0.15) is 0 Å². The third-order valence-corrected chi connectivity index (χ3v) is 8.34. The number of fused-ring (bicyclic) bond motifs is 1. The minimum Gasteiger partial charge on any atom is -0.311 e. The molecule has 4 N–H and O–H groups in total. The van der Waals surface area contributed by atoms with Crippen LogP contribution in [0, 0.1) is 23.7 Å². The molecule has 0 radical (unpaired) electrons. The van der Waals surface area contributed by atoms with Gasteiger partial charge in [-0.05, 0) is 67.5 Å². The molecule has 2 aromatic carbocycles. The molecule has 0 aliphatic rings. The molecule has 0 fully saturated rings. The first-order valence-corrected chi connectivity index (χ1v) is 19.0. The molecule has 0 saturated heterocycles. The number of pyridine rings is 2. The summed E-state index contributed by atoms with van der Waals surface area (Å²) >= 11 is 0. The lowest BCUT2D eigenvalue weighted by Gasteiger charge is -2.09. The zero-order valence-corrected chi connectivity index (χ0v) is 31.8. The van der Waals surface area contributed by atoms with Gasteiger partial charge in [-0.15, -0.1) is 0 Å². The molecule has 2 aromatic heterocycles. The van der Waals surface area contributed by atoms with E-state index < -0.39 is 0 Å². The lowest BCUT2D eigenvalue weighted by Crippen LogP contribution is -2.15. The van der Waals surface area contributed by atoms with E-state index in [9.17, 15) is 19.2 Å². The molecule has 10 heteroatoms. The molecular weight excluding hydrogens is 677 g/mol. The van der Waals surface area contributed by atoms with Crippen molar-refractivity contribution in [1.29, 1.82) is 0 Å². The molecule has 0 bridgehead atoms. The SMILES string of the molecule is CCCCC(=O)Nc1cc(C#Cc2cccc3cccc(C#Cc4cc(NC(=O)CCCC)nc(NC(=O)CCCC)c4)c23)cc(NC(=O)CCCC)n1. The Kier molecular flexibility index (Phi) is 16.2. The van der Waals surface area contributed by atoms with Crippen LogP contribution in [-0.4, -0.2) is 33.6 Å². The largest absolute Gasteiger partial charge is 0.311 e. The van der Waals surface area contributed by atoms with Gasteiger partial charge in [-0.3, -0.25) is 19.2 Å². The Balaban J connectivity index is 1.72. The van der Waals surface area contributed by atoms with Crippen molar-refractivity contribution in [2.24, 2.45) is 0 Å². The number of unbranched alkanes of at least 4 members (excludes halogenated alkanes) is 4. The Labute approximate surface area is 318 Å². The predicted octanol–water partition coefficient (Wildman–Crippen LogP) is 8.94. The van der Waals surface area contributed by atoms with Gasteiger partial charge in [-0.1, -0.05) is 101 Å². The number of nitrogens with zero attached hydrogens (tertiary/aromatic N) is 2. The van der Waals surface area contributed by atoms with E-state index in [1.54, 1.807) is 24.3 Å². The molecule has 0 spiro atoms. The Bertz CT molecular complexity index is 1860. The fourth-order valence-electron chi connectivity index (χ4n) is 5.46. The fourth-order valence-corrected chi connectivity index (χ4v) is 5.46. The summed E-state index contributed by atoms with van der Waals surface area (Å²) < 4.78 is 0. The van der Waals surface area contributed by atoms with Crippen LogP contribution in [0.2, 0.25) is 0 Å². The highest BCUT2D eigenvalue weighted by Crippen LogP contribution is 2.24. The van der Waals surface area contributed by atoms with Crippen LogP contribution < -0.4 is 21.3 Å². The van der Waals surface area contributed by atoms with E-state index in [4.69, 9.17) is 0 Å². The zero-order valence-electron chi connectivity index (χ0n) is 31.8. The van der Waals surface area contributed by atoms with Gasteiger partial charge in [0.15, 0.2) is 0 Å².